The van der Waals surface area contributed by atoms with Gasteiger partial charge in [0.15, 0.2) is 0 Å². The van der Waals surface area contributed by atoms with Crippen molar-refractivity contribution < 1.29 is 22.8 Å². The normalized spacial score (nSPS) is 11.5. The summed E-state index contributed by atoms with van der Waals surface area (Å²) in [5, 5.41) is 0. The van der Waals surface area contributed by atoms with Crippen molar-refractivity contribution in [1.29, 1.82) is 0 Å². The molecule has 0 radical (unpaired) electrons. The van der Waals surface area contributed by atoms with Crippen LogP contribution in [0.15, 0.2) is 12.7 Å². The second-order valence-corrected chi connectivity index (χ2v) is 9.56. The number of carbonyl (C=O) groups is 1. The Morgan fingerprint density at radius 1 is 0.741 bits per heavy atom. The van der Waals surface area contributed by atoms with Gasteiger partial charge in [-0.2, -0.15) is 0 Å². The van der Waals surface area contributed by atoms with Crippen molar-refractivity contribution in [2.75, 3.05) is 26.4 Å². The fourth-order valence-corrected chi connectivity index (χ4v) is 5.23. The summed E-state index contributed by atoms with van der Waals surface area (Å²) in [6.07, 6.45) is 11.8. The van der Waals surface area contributed by atoms with Crippen molar-refractivity contribution in [1.82, 2.24) is 0 Å². The van der Waals surface area contributed by atoms with Gasteiger partial charge in [-0.1, -0.05) is 65.9 Å². The van der Waals surface area contributed by atoms with Gasteiger partial charge >= 0.3 is 14.8 Å². The van der Waals surface area contributed by atoms with Crippen LogP contribution in [0.5, 0.6) is 0 Å². The van der Waals surface area contributed by atoms with Gasteiger partial charge in [-0.15, -0.1) is 0 Å². The third-order valence-corrected chi connectivity index (χ3v) is 7.15. The predicted molar refractivity (Wildman–Crippen MR) is 113 cm³/mol. The Balaban J connectivity index is 4.75. The van der Waals surface area contributed by atoms with E-state index in [4.69, 9.17) is 18.0 Å². The molecule has 0 amide bonds. The lowest BCUT2D eigenvalue weighted by Crippen LogP contribution is -2.47. The summed E-state index contributed by atoms with van der Waals surface area (Å²) in [5.41, 5.74) is 0. The Morgan fingerprint density at radius 3 is 1.56 bits per heavy atom. The van der Waals surface area contributed by atoms with E-state index < -0.39 is 8.80 Å². The molecule has 0 aromatic rings. The van der Waals surface area contributed by atoms with E-state index in [9.17, 15) is 4.79 Å². The number of carbonyl (C=O) groups excluding carboxylic acids is 1. The zero-order valence-electron chi connectivity index (χ0n) is 17.9. The first-order chi connectivity index (χ1) is 13.1. The smallest absolute Gasteiger partial charge is 0.463 e. The van der Waals surface area contributed by atoms with E-state index in [2.05, 4.69) is 27.4 Å². The Morgan fingerprint density at radius 2 is 1.19 bits per heavy atom. The Kier molecular flexibility index (Phi) is 18.2. The highest BCUT2D eigenvalue weighted by Crippen LogP contribution is 2.21. The topological polar surface area (TPSA) is 54.0 Å². The SMILES string of the molecule is C=CC(=O)OCCC[Si](OCCCCC)(OCCCCC)OCCCCC. The van der Waals surface area contributed by atoms with Gasteiger partial charge in [-0.05, 0) is 25.7 Å². The molecule has 0 aromatic carbocycles. The highest BCUT2D eigenvalue weighted by Gasteiger charge is 2.40. The molecule has 0 unspecified atom stereocenters. The second-order valence-electron chi connectivity index (χ2n) is 6.82. The molecule has 0 bridgehead atoms. The van der Waals surface area contributed by atoms with Gasteiger partial charge in [-0.25, -0.2) is 4.79 Å². The lowest BCUT2D eigenvalue weighted by atomic mass is 10.3. The lowest BCUT2D eigenvalue weighted by Gasteiger charge is -2.30. The largest absolute Gasteiger partial charge is 0.501 e. The molecule has 0 saturated heterocycles. The van der Waals surface area contributed by atoms with Gasteiger partial charge in [0, 0.05) is 31.9 Å². The van der Waals surface area contributed by atoms with E-state index in [1.165, 1.54) is 6.08 Å². The molecular formula is C21H42O5Si. The summed E-state index contributed by atoms with van der Waals surface area (Å²) in [7, 11) is -2.74. The molecule has 0 aliphatic carbocycles. The number of unbranched alkanes of at least 4 members (excludes halogenated alkanes) is 6. The van der Waals surface area contributed by atoms with Crippen molar-refractivity contribution in [3.05, 3.63) is 12.7 Å². The van der Waals surface area contributed by atoms with Crippen molar-refractivity contribution in [3.8, 4) is 0 Å². The second kappa shape index (κ2) is 18.7. The van der Waals surface area contributed by atoms with Crippen LogP contribution in [0.25, 0.3) is 0 Å². The molecule has 0 fully saturated rings. The van der Waals surface area contributed by atoms with Gasteiger partial charge < -0.3 is 18.0 Å². The fraction of sp³-hybridized carbons (Fsp3) is 0.857. The molecular weight excluding hydrogens is 360 g/mol. The quantitative estimate of drug-likeness (QED) is 0.114. The summed E-state index contributed by atoms with van der Waals surface area (Å²) in [6.45, 7) is 12.3. The highest BCUT2D eigenvalue weighted by molar-refractivity contribution is 6.60. The van der Waals surface area contributed by atoms with Gasteiger partial charge in [0.25, 0.3) is 0 Å². The average Bonchev–Trinajstić information content (AvgIpc) is 2.69. The first-order valence-corrected chi connectivity index (χ1v) is 12.8. The van der Waals surface area contributed by atoms with Crippen molar-refractivity contribution in [2.24, 2.45) is 0 Å². The summed E-state index contributed by atoms with van der Waals surface area (Å²) >= 11 is 0. The Bertz CT molecular complexity index is 331. The van der Waals surface area contributed by atoms with Gasteiger partial charge in [-0.3, -0.25) is 0 Å². The molecule has 0 atom stereocenters. The maximum atomic E-state index is 11.2. The standard InChI is InChI=1S/C21H42O5Si/c1-5-9-12-17-24-27(25-18-13-10-6-2,26-19-14-11-7-3)20-15-16-23-21(22)8-4/h8H,4-7,9-20H2,1-3H3. The number of hydrogen-bond acceptors (Lipinski definition) is 5. The Hall–Kier alpha value is -0.693. The first kappa shape index (κ1) is 26.3. The lowest BCUT2D eigenvalue weighted by molar-refractivity contribution is -0.137. The molecule has 0 N–H and O–H groups in total. The summed E-state index contributed by atoms with van der Waals surface area (Å²) in [4.78, 5) is 11.2. The summed E-state index contributed by atoms with van der Waals surface area (Å²) < 4.78 is 23.9. The molecule has 0 heterocycles. The highest BCUT2D eigenvalue weighted by atomic mass is 28.4. The maximum absolute atomic E-state index is 11.2. The minimum absolute atomic E-state index is 0.342. The van der Waals surface area contributed by atoms with Crippen LogP contribution < -0.4 is 0 Å². The predicted octanol–water partition coefficient (Wildman–Crippen LogP) is 5.67. The number of ether oxygens (including phenoxy) is 1. The van der Waals surface area contributed by atoms with E-state index in [0.29, 0.717) is 38.9 Å². The van der Waals surface area contributed by atoms with Crippen molar-refractivity contribution in [3.63, 3.8) is 0 Å². The molecule has 27 heavy (non-hydrogen) atoms. The molecule has 0 aliphatic heterocycles. The third kappa shape index (κ3) is 15.0. The van der Waals surface area contributed by atoms with E-state index in [-0.39, 0.29) is 5.97 Å². The Labute approximate surface area is 168 Å². The molecule has 0 saturated carbocycles. The van der Waals surface area contributed by atoms with Gasteiger partial charge in [0.2, 0.25) is 0 Å². The van der Waals surface area contributed by atoms with Crippen LogP contribution in [-0.4, -0.2) is 41.2 Å². The molecule has 0 rings (SSSR count). The van der Waals surface area contributed by atoms with Crippen LogP contribution >= 0.6 is 0 Å². The van der Waals surface area contributed by atoms with Crippen molar-refractivity contribution >= 4 is 14.8 Å². The molecule has 6 heteroatoms. The minimum Gasteiger partial charge on any atom is -0.463 e. The summed E-state index contributed by atoms with van der Waals surface area (Å²) in [5.74, 6) is -0.390. The summed E-state index contributed by atoms with van der Waals surface area (Å²) in [6, 6.07) is 0.682. The zero-order valence-corrected chi connectivity index (χ0v) is 18.9. The van der Waals surface area contributed by atoms with Crippen LogP contribution in [0.2, 0.25) is 6.04 Å². The zero-order chi connectivity index (χ0) is 20.2. The average molecular weight is 403 g/mol. The monoisotopic (exact) mass is 402 g/mol. The first-order valence-electron chi connectivity index (χ1n) is 10.8. The molecule has 0 aliphatic rings. The number of hydrogen-bond donors (Lipinski definition) is 0. The van der Waals surface area contributed by atoms with Crippen LogP contribution in [0.1, 0.15) is 85.0 Å². The van der Waals surface area contributed by atoms with Gasteiger partial charge in [0.05, 0.1) is 6.61 Å². The van der Waals surface area contributed by atoms with Crippen molar-refractivity contribution in [2.45, 2.75) is 91.0 Å². The maximum Gasteiger partial charge on any atom is 0.501 e. The molecule has 160 valence electrons. The van der Waals surface area contributed by atoms with Crippen LogP contribution in [-0.2, 0) is 22.8 Å². The van der Waals surface area contributed by atoms with Crippen LogP contribution in [0, 0.1) is 0 Å². The molecule has 0 aromatic heterocycles. The van der Waals surface area contributed by atoms with E-state index in [1.54, 1.807) is 0 Å². The minimum atomic E-state index is -2.74. The molecule has 0 spiro atoms. The van der Waals surface area contributed by atoms with Crippen LogP contribution in [0.4, 0.5) is 0 Å². The van der Waals surface area contributed by atoms with E-state index >= 15 is 0 Å². The van der Waals surface area contributed by atoms with Gasteiger partial charge in [0.1, 0.15) is 0 Å². The van der Waals surface area contributed by atoms with Crippen LogP contribution in [0.3, 0.4) is 0 Å². The number of esters is 1. The fourth-order valence-electron chi connectivity index (χ4n) is 2.60. The number of rotatable bonds is 20. The van der Waals surface area contributed by atoms with E-state index in [1.807, 2.05) is 0 Å². The molecule has 5 nitrogen and oxygen atoms in total. The van der Waals surface area contributed by atoms with E-state index in [0.717, 1.165) is 57.8 Å². The third-order valence-electron chi connectivity index (χ3n) is 4.25.